The molecule has 0 aliphatic heterocycles. The van der Waals surface area contributed by atoms with Crippen molar-refractivity contribution in [1.29, 1.82) is 5.26 Å². The summed E-state index contributed by atoms with van der Waals surface area (Å²) in [7, 11) is 0. The molecule has 1 unspecified atom stereocenters. The monoisotopic (exact) mass is 193 g/mol. The molecule has 0 fully saturated rings. The Balaban J connectivity index is 2.74. The van der Waals surface area contributed by atoms with E-state index in [9.17, 15) is 0 Å². The molecule has 0 aliphatic rings. The molecule has 0 spiro atoms. The summed E-state index contributed by atoms with van der Waals surface area (Å²) in [5, 5.41) is 11.2. The van der Waals surface area contributed by atoms with Gasteiger partial charge in [-0.15, -0.1) is 11.3 Å². The average Bonchev–Trinajstić information content (AvgIpc) is 2.51. The van der Waals surface area contributed by atoms with E-state index in [0.29, 0.717) is 0 Å². The molecule has 1 heterocycles. The minimum absolute atomic E-state index is 0.187. The molecule has 1 atom stereocenters. The molecule has 13 heavy (non-hydrogen) atoms. The number of aryl methyl sites for hydroxylation is 1. The molecule has 0 saturated carbocycles. The molecule has 1 aromatic rings. The zero-order valence-corrected chi connectivity index (χ0v) is 9.24. The molecule has 0 aliphatic carbocycles. The maximum absolute atomic E-state index is 9.01. The predicted molar refractivity (Wildman–Crippen MR) is 56.8 cm³/mol. The summed E-state index contributed by atoms with van der Waals surface area (Å²) in [6, 6.07) is 4.57. The third-order valence-corrected chi connectivity index (χ3v) is 3.34. The van der Waals surface area contributed by atoms with Gasteiger partial charge in [0.15, 0.2) is 0 Å². The summed E-state index contributed by atoms with van der Waals surface area (Å²) in [4.78, 5) is 1.33. The Kier molecular flexibility index (Phi) is 3.11. The van der Waals surface area contributed by atoms with Crippen molar-refractivity contribution in [2.75, 3.05) is 0 Å². The highest BCUT2D eigenvalue weighted by molar-refractivity contribution is 7.10. The van der Waals surface area contributed by atoms with Gasteiger partial charge in [-0.3, -0.25) is 0 Å². The smallest absolute Gasteiger partial charge is 0.0690 e. The molecule has 0 amide bonds. The molecular formula is C11H15NS. The Hall–Kier alpha value is -0.810. The van der Waals surface area contributed by atoms with E-state index in [0.717, 1.165) is 12.8 Å². The highest BCUT2D eigenvalue weighted by Gasteiger charge is 2.21. The largest absolute Gasteiger partial charge is 0.198 e. The summed E-state index contributed by atoms with van der Waals surface area (Å²) in [6.45, 7) is 6.20. The fourth-order valence-electron chi connectivity index (χ4n) is 1.28. The van der Waals surface area contributed by atoms with Crippen molar-refractivity contribution in [1.82, 2.24) is 0 Å². The molecule has 2 heteroatoms. The zero-order chi connectivity index (χ0) is 9.90. The molecule has 0 saturated heterocycles. The molecule has 0 bridgehead atoms. The van der Waals surface area contributed by atoms with E-state index in [4.69, 9.17) is 5.26 Å². The third kappa shape index (κ3) is 2.57. The van der Waals surface area contributed by atoms with Gasteiger partial charge in [0.2, 0.25) is 0 Å². The normalized spacial score (nSPS) is 14.9. The van der Waals surface area contributed by atoms with Gasteiger partial charge in [0.05, 0.1) is 11.5 Å². The summed E-state index contributed by atoms with van der Waals surface area (Å²) < 4.78 is 0. The minimum Gasteiger partial charge on any atom is -0.198 e. The molecule has 1 aromatic heterocycles. The molecule has 0 radical (unpaired) electrons. The van der Waals surface area contributed by atoms with Gasteiger partial charge in [-0.2, -0.15) is 5.26 Å². The zero-order valence-electron chi connectivity index (χ0n) is 8.42. The molecule has 0 N–H and O–H groups in total. The Morgan fingerprint density at radius 2 is 2.31 bits per heavy atom. The average molecular weight is 193 g/mol. The first kappa shape index (κ1) is 10.3. The highest BCUT2D eigenvalue weighted by Crippen LogP contribution is 2.27. The highest BCUT2D eigenvalue weighted by atomic mass is 32.1. The van der Waals surface area contributed by atoms with E-state index < -0.39 is 0 Å². The van der Waals surface area contributed by atoms with E-state index in [2.05, 4.69) is 31.4 Å². The van der Waals surface area contributed by atoms with E-state index in [1.807, 2.05) is 6.92 Å². The quantitative estimate of drug-likeness (QED) is 0.720. The third-order valence-electron chi connectivity index (χ3n) is 2.43. The van der Waals surface area contributed by atoms with Crippen LogP contribution < -0.4 is 0 Å². The van der Waals surface area contributed by atoms with Crippen LogP contribution in [-0.2, 0) is 6.42 Å². The van der Waals surface area contributed by atoms with Gasteiger partial charge in [-0.25, -0.2) is 0 Å². The van der Waals surface area contributed by atoms with E-state index in [1.54, 1.807) is 11.3 Å². The van der Waals surface area contributed by atoms with Crippen molar-refractivity contribution in [3.8, 4) is 6.07 Å². The van der Waals surface area contributed by atoms with E-state index in [1.165, 1.54) is 10.4 Å². The lowest BCUT2D eigenvalue weighted by atomic mass is 9.83. The predicted octanol–water partition coefficient (Wildman–Crippen LogP) is 3.54. The topological polar surface area (TPSA) is 23.8 Å². The van der Waals surface area contributed by atoms with E-state index >= 15 is 0 Å². The van der Waals surface area contributed by atoms with Crippen molar-refractivity contribution < 1.29 is 0 Å². The SMILES string of the molecule is CCC(C)(C#N)Cc1csc(C)c1. The second-order valence-corrected chi connectivity index (χ2v) is 4.88. The van der Waals surface area contributed by atoms with Crippen LogP contribution in [0.4, 0.5) is 0 Å². The lowest BCUT2D eigenvalue weighted by Crippen LogP contribution is -2.15. The van der Waals surface area contributed by atoms with Crippen LogP contribution in [0.1, 0.15) is 30.7 Å². The van der Waals surface area contributed by atoms with Crippen molar-refractivity contribution >= 4 is 11.3 Å². The van der Waals surface area contributed by atoms with Gasteiger partial charge in [0.1, 0.15) is 0 Å². The van der Waals surface area contributed by atoms with Crippen LogP contribution in [0.25, 0.3) is 0 Å². The molecule has 1 rings (SSSR count). The van der Waals surface area contributed by atoms with Crippen molar-refractivity contribution in [3.05, 3.63) is 21.9 Å². The van der Waals surface area contributed by atoms with Gasteiger partial charge in [-0.05, 0) is 43.7 Å². The van der Waals surface area contributed by atoms with Gasteiger partial charge in [0, 0.05) is 4.88 Å². The van der Waals surface area contributed by atoms with Crippen LogP contribution in [0.3, 0.4) is 0 Å². The number of thiophene rings is 1. The van der Waals surface area contributed by atoms with Crippen LogP contribution in [-0.4, -0.2) is 0 Å². The first-order chi connectivity index (χ1) is 6.09. The van der Waals surface area contributed by atoms with Crippen LogP contribution in [0, 0.1) is 23.7 Å². The van der Waals surface area contributed by atoms with E-state index in [-0.39, 0.29) is 5.41 Å². The Bertz CT molecular complexity index is 321. The van der Waals surface area contributed by atoms with Crippen LogP contribution in [0.2, 0.25) is 0 Å². The van der Waals surface area contributed by atoms with Gasteiger partial charge >= 0.3 is 0 Å². The Labute approximate surface area is 84.0 Å². The van der Waals surface area contributed by atoms with Gasteiger partial charge in [-0.1, -0.05) is 6.92 Å². The maximum atomic E-state index is 9.01. The lowest BCUT2D eigenvalue weighted by Gasteiger charge is -2.17. The van der Waals surface area contributed by atoms with Gasteiger partial charge in [0.25, 0.3) is 0 Å². The van der Waals surface area contributed by atoms with Crippen molar-refractivity contribution in [2.24, 2.45) is 5.41 Å². The summed E-state index contributed by atoms with van der Waals surface area (Å²) >= 11 is 1.76. The fourth-order valence-corrected chi connectivity index (χ4v) is 1.99. The Morgan fingerprint density at radius 3 is 2.69 bits per heavy atom. The molecule has 70 valence electrons. The van der Waals surface area contributed by atoms with Crippen LogP contribution >= 0.6 is 11.3 Å². The number of nitriles is 1. The summed E-state index contributed by atoms with van der Waals surface area (Å²) in [5.41, 5.74) is 1.11. The number of nitrogens with zero attached hydrogens (tertiary/aromatic N) is 1. The number of rotatable bonds is 3. The first-order valence-corrected chi connectivity index (χ1v) is 5.43. The second-order valence-electron chi connectivity index (χ2n) is 3.77. The number of hydrogen-bond donors (Lipinski definition) is 0. The number of hydrogen-bond acceptors (Lipinski definition) is 2. The van der Waals surface area contributed by atoms with Gasteiger partial charge < -0.3 is 0 Å². The first-order valence-electron chi connectivity index (χ1n) is 4.55. The van der Waals surface area contributed by atoms with Crippen LogP contribution in [0.15, 0.2) is 11.4 Å². The minimum atomic E-state index is -0.187. The molecule has 1 nitrogen and oxygen atoms in total. The van der Waals surface area contributed by atoms with Crippen molar-refractivity contribution in [2.45, 2.75) is 33.6 Å². The second kappa shape index (κ2) is 3.93. The van der Waals surface area contributed by atoms with Crippen LogP contribution in [0.5, 0.6) is 0 Å². The summed E-state index contributed by atoms with van der Waals surface area (Å²) in [5.74, 6) is 0. The van der Waals surface area contributed by atoms with Crippen molar-refractivity contribution in [3.63, 3.8) is 0 Å². The molecular weight excluding hydrogens is 178 g/mol. The lowest BCUT2D eigenvalue weighted by molar-refractivity contribution is 0.423. The standard InChI is InChI=1S/C11H15NS/c1-4-11(3,8-12)6-10-5-9(2)13-7-10/h5,7H,4,6H2,1-3H3. The maximum Gasteiger partial charge on any atom is 0.0690 e. The Morgan fingerprint density at radius 1 is 1.62 bits per heavy atom. The fraction of sp³-hybridized carbons (Fsp3) is 0.545. The summed E-state index contributed by atoms with van der Waals surface area (Å²) in [6.07, 6.45) is 1.79. The molecule has 0 aromatic carbocycles.